The normalized spacial score (nSPS) is 10.8. The number of nitrogens with zero attached hydrogens (tertiary/aromatic N) is 3. The van der Waals surface area contributed by atoms with Crippen LogP contribution in [0.5, 0.6) is 0 Å². The lowest BCUT2D eigenvalue weighted by Crippen LogP contribution is -2.03. The summed E-state index contributed by atoms with van der Waals surface area (Å²) in [6, 6.07) is 4.12. The minimum absolute atomic E-state index is 0.867. The van der Waals surface area contributed by atoms with Crippen LogP contribution >= 0.6 is 12.2 Å². The third-order valence-corrected chi connectivity index (χ3v) is 3.34. The van der Waals surface area contributed by atoms with E-state index >= 15 is 0 Å². The first-order valence-corrected chi connectivity index (χ1v) is 5.59. The van der Waals surface area contributed by atoms with Crippen molar-refractivity contribution in [3.8, 4) is 11.4 Å². The maximum atomic E-state index is 5.38. The van der Waals surface area contributed by atoms with E-state index in [9.17, 15) is 0 Å². The maximum absolute atomic E-state index is 5.38. The van der Waals surface area contributed by atoms with E-state index < -0.39 is 0 Å². The molecular formula is C12H15N3S. The van der Waals surface area contributed by atoms with Crippen molar-refractivity contribution in [1.29, 1.82) is 0 Å². The highest BCUT2D eigenvalue weighted by Gasteiger charge is 2.09. The van der Waals surface area contributed by atoms with Gasteiger partial charge in [0.2, 0.25) is 0 Å². The highest BCUT2D eigenvalue weighted by molar-refractivity contribution is 7.71. The van der Waals surface area contributed by atoms with E-state index in [-0.39, 0.29) is 0 Å². The molecular weight excluding hydrogens is 218 g/mol. The molecule has 0 spiro atoms. The fraction of sp³-hybridized carbons (Fsp3) is 0.333. The van der Waals surface area contributed by atoms with Crippen molar-refractivity contribution in [3.63, 3.8) is 0 Å². The van der Waals surface area contributed by atoms with Crippen LogP contribution in [0.15, 0.2) is 18.3 Å². The summed E-state index contributed by atoms with van der Waals surface area (Å²) in [6.07, 6.45) is 1.94. The molecule has 0 radical (unpaired) electrons. The number of rotatable bonds is 1. The van der Waals surface area contributed by atoms with E-state index in [1.54, 1.807) is 4.68 Å². The lowest BCUT2D eigenvalue weighted by Gasteiger charge is -2.12. The van der Waals surface area contributed by atoms with Gasteiger partial charge in [-0.25, -0.2) is 0 Å². The van der Waals surface area contributed by atoms with Gasteiger partial charge in [-0.1, -0.05) is 18.3 Å². The lowest BCUT2D eigenvalue weighted by molar-refractivity contribution is 0.764. The second kappa shape index (κ2) is 3.87. The smallest absolute Gasteiger partial charge is 0.109 e. The summed E-state index contributed by atoms with van der Waals surface area (Å²) >= 11 is 5.38. The van der Waals surface area contributed by atoms with Gasteiger partial charge in [-0.3, -0.25) is 4.68 Å². The summed E-state index contributed by atoms with van der Waals surface area (Å²) in [5, 5.41) is 4.42. The molecule has 0 aliphatic rings. The van der Waals surface area contributed by atoms with Gasteiger partial charge in [-0.05, 0) is 31.0 Å². The topological polar surface area (TPSA) is 22.8 Å². The summed E-state index contributed by atoms with van der Waals surface area (Å²) in [5.41, 5.74) is 4.40. The number of aryl methyl sites for hydroxylation is 3. The van der Waals surface area contributed by atoms with Crippen molar-refractivity contribution in [3.05, 3.63) is 34.1 Å². The molecule has 0 saturated heterocycles. The Morgan fingerprint density at radius 2 is 1.88 bits per heavy atom. The zero-order valence-electron chi connectivity index (χ0n) is 9.98. The van der Waals surface area contributed by atoms with E-state index in [1.807, 2.05) is 37.8 Å². The molecule has 0 atom stereocenters. The predicted molar refractivity (Wildman–Crippen MR) is 67.9 cm³/mol. The largest absolute Gasteiger partial charge is 0.333 e. The Kier molecular flexibility index (Phi) is 2.68. The third-order valence-electron chi connectivity index (χ3n) is 2.74. The minimum atomic E-state index is 0.867. The Morgan fingerprint density at radius 3 is 2.44 bits per heavy atom. The lowest BCUT2D eigenvalue weighted by atomic mass is 10.1. The summed E-state index contributed by atoms with van der Waals surface area (Å²) in [7, 11) is 3.91. The van der Waals surface area contributed by atoms with Gasteiger partial charge in [0, 0.05) is 20.3 Å². The van der Waals surface area contributed by atoms with Crippen LogP contribution in [-0.2, 0) is 14.1 Å². The van der Waals surface area contributed by atoms with Crippen molar-refractivity contribution >= 4 is 12.2 Å². The van der Waals surface area contributed by atoms with Gasteiger partial charge in [0.05, 0.1) is 5.69 Å². The first kappa shape index (κ1) is 11.1. The fourth-order valence-electron chi connectivity index (χ4n) is 2.00. The quantitative estimate of drug-likeness (QED) is 0.707. The Morgan fingerprint density at radius 1 is 1.19 bits per heavy atom. The Hall–Kier alpha value is -1.42. The molecule has 0 fully saturated rings. The van der Waals surface area contributed by atoms with Crippen LogP contribution in [0.3, 0.4) is 0 Å². The summed E-state index contributed by atoms with van der Waals surface area (Å²) in [4.78, 5) is 0. The average Bonchev–Trinajstić information content (AvgIpc) is 2.61. The monoisotopic (exact) mass is 233 g/mol. The highest BCUT2D eigenvalue weighted by atomic mass is 32.1. The molecule has 0 amide bonds. The minimum Gasteiger partial charge on any atom is -0.333 e. The Bertz CT molecular complexity index is 593. The van der Waals surface area contributed by atoms with Gasteiger partial charge in [0.15, 0.2) is 0 Å². The standard InChI is InChI=1S/C12H15N3S/c1-8-7-9(2)12(16)15(4)11(8)10-5-6-14(3)13-10/h5-7H,1-4H3. The van der Waals surface area contributed by atoms with Crippen LogP contribution in [0.4, 0.5) is 0 Å². The van der Waals surface area contributed by atoms with E-state index in [0.29, 0.717) is 0 Å². The molecule has 4 heteroatoms. The average molecular weight is 233 g/mol. The molecule has 0 aliphatic heterocycles. The van der Waals surface area contributed by atoms with Crippen molar-refractivity contribution < 1.29 is 0 Å². The second-order valence-electron chi connectivity index (χ2n) is 4.10. The SMILES string of the molecule is Cc1cc(C)c(=S)n(C)c1-c1ccn(C)n1. The van der Waals surface area contributed by atoms with E-state index in [1.165, 1.54) is 5.56 Å². The Labute approximate surface area is 100 Å². The van der Waals surface area contributed by atoms with Crippen LogP contribution in [0.25, 0.3) is 11.4 Å². The van der Waals surface area contributed by atoms with Gasteiger partial charge < -0.3 is 4.57 Å². The van der Waals surface area contributed by atoms with E-state index in [0.717, 1.165) is 21.6 Å². The summed E-state index contributed by atoms with van der Waals surface area (Å²) in [6.45, 7) is 4.13. The van der Waals surface area contributed by atoms with Gasteiger partial charge >= 0.3 is 0 Å². The molecule has 0 bridgehead atoms. The molecule has 0 N–H and O–H groups in total. The first-order valence-electron chi connectivity index (χ1n) is 5.18. The predicted octanol–water partition coefficient (Wildman–Crippen LogP) is 2.77. The van der Waals surface area contributed by atoms with Crippen LogP contribution in [0.2, 0.25) is 0 Å². The number of hydrogen-bond donors (Lipinski definition) is 0. The van der Waals surface area contributed by atoms with Crippen molar-refractivity contribution in [2.45, 2.75) is 13.8 Å². The van der Waals surface area contributed by atoms with Gasteiger partial charge in [0.1, 0.15) is 10.3 Å². The molecule has 3 nitrogen and oxygen atoms in total. The highest BCUT2D eigenvalue weighted by Crippen LogP contribution is 2.22. The third kappa shape index (κ3) is 1.69. The molecule has 84 valence electrons. The molecule has 0 unspecified atom stereocenters. The molecule has 0 saturated carbocycles. The summed E-state index contributed by atoms with van der Waals surface area (Å²) < 4.78 is 4.70. The van der Waals surface area contributed by atoms with Crippen LogP contribution in [-0.4, -0.2) is 14.3 Å². The van der Waals surface area contributed by atoms with E-state index in [4.69, 9.17) is 12.2 Å². The zero-order valence-corrected chi connectivity index (χ0v) is 10.8. The molecule has 2 aromatic rings. The van der Waals surface area contributed by atoms with Gasteiger partial charge in [-0.2, -0.15) is 5.10 Å². The fourth-order valence-corrected chi connectivity index (χ4v) is 2.15. The van der Waals surface area contributed by atoms with Crippen molar-refractivity contribution in [2.75, 3.05) is 0 Å². The zero-order chi connectivity index (χ0) is 11.9. The molecule has 2 heterocycles. The molecule has 0 aromatic carbocycles. The van der Waals surface area contributed by atoms with Gasteiger partial charge in [-0.15, -0.1) is 0 Å². The van der Waals surface area contributed by atoms with Crippen LogP contribution in [0, 0.1) is 18.5 Å². The molecule has 0 aliphatic carbocycles. The Balaban J connectivity index is 2.75. The van der Waals surface area contributed by atoms with Crippen LogP contribution in [0.1, 0.15) is 11.1 Å². The number of hydrogen-bond acceptors (Lipinski definition) is 2. The second-order valence-corrected chi connectivity index (χ2v) is 4.48. The number of aromatic nitrogens is 3. The van der Waals surface area contributed by atoms with Crippen molar-refractivity contribution in [2.24, 2.45) is 14.1 Å². The molecule has 2 aromatic heterocycles. The van der Waals surface area contributed by atoms with E-state index in [2.05, 4.69) is 18.1 Å². The van der Waals surface area contributed by atoms with Crippen LogP contribution < -0.4 is 0 Å². The molecule has 2 rings (SSSR count). The summed E-state index contributed by atoms with van der Waals surface area (Å²) in [5.74, 6) is 0. The first-order chi connectivity index (χ1) is 7.50. The maximum Gasteiger partial charge on any atom is 0.109 e. The van der Waals surface area contributed by atoms with Gasteiger partial charge in [0.25, 0.3) is 0 Å². The molecule has 16 heavy (non-hydrogen) atoms. The van der Waals surface area contributed by atoms with Crippen molar-refractivity contribution in [1.82, 2.24) is 14.3 Å². The number of pyridine rings is 1.